The van der Waals surface area contributed by atoms with Crippen molar-refractivity contribution in [2.45, 2.75) is 6.92 Å². The van der Waals surface area contributed by atoms with Crippen LogP contribution in [0.1, 0.15) is 5.82 Å². The molecule has 0 radical (unpaired) electrons. The molecule has 0 aliphatic rings. The molecule has 0 bridgehead atoms. The Bertz CT molecular complexity index is 758. The molecule has 1 aromatic carbocycles. The Labute approximate surface area is 88.6 Å². The molecule has 3 rings (SSSR count). The molecule has 0 atom stereocenters. The minimum absolute atomic E-state index is 0.245. The first-order valence-electron chi connectivity index (χ1n) is 4.71. The maximum atomic E-state index is 13.7. The van der Waals surface area contributed by atoms with E-state index in [0.29, 0.717) is 11.3 Å². The van der Waals surface area contributed by atoms with Gasteiger partial charge in [0.1, 0.15) is 11.6 Å². The maximum absolute atomic E-state index is 13.7. The highest BCUT2D eigenvalue weighted by Crippen LogP contribution is 2.18. The van der Waals surface area contributed by atoms with Crippen molar-refractivity contribution in [2.24, 2.45) is 0 Å². The number of aromatic amines is 1. The summed E-state index contributed by atoms with van der Waals surface area (Å²) in [6, 6.07) is 4.49. The normalized spacial score (nSPS) is 11.4. The van der Waals surface area contributed by atoms with E-state index >= 15 is 0 Å². The van der Waals surface area contributed by atoms with E-state index in [1.807, 2.05) is 0 Å². The minimum atomic E-state index is -0.425. The van der Waals surface area contributed by atoms with E-state index in [4.69, 9.17) is 0 Å². The summed E-state index contributed by atoms with van der Waals surface area (Å²) in [6.45, 7) is 1.65. The fourth-order valence-corrected chi connectivity index (χ4v) is 1.74. The quantitative estimate of drug-likeness (QED) is 0.612. The van der Waals surface area contributed by atoms with Gasteiger partial charge >= 0.3 is 5.69 Å². The summed E-state index contributed by atoms with van der Waals surface area (Å²) < 4.78 is 14.7. The summed E-state index contributed by atoms with van der Waals surface area (Å²) in [6.07, 6.45) is 0. The van der Waals surface area contributed by atoms with Crippen LogP contribution in [0.4, 0.5) is 4.39 Å². The van der Waals surface area contributed by atoms with Crippen molar-refractivity contribution in [1.29, 1.82) is 0 Å². The zero-order valence-corrected chi connectivity index (χ0v) is 8.36. The highest BCUT2D eigenvalue weighted by Gasteiger charge is 2.11. The van der Waals surface area contributed by atoms with Crippen molar-refractivity contribution < 1.29 is 4.39 Å². The van der Waals surface area contributed by atoms with E-state index in [1.54, 1.807) is 13.0 Å². The van der Waals surface area contributed by atoms with E-state index in [2.05, 4.69) is 15.1 Å². The lowest BCUT2D eigenvalue weighted by Gasteiger charge is -1.99. The molecule has 2 heterocycles. The minimum Gasteiger partial charge on any atom is -0.305 e. The summed E-state index contributed by atoms with van der Waals surface area (Å²) in [5.41, 5.74) is 0.243. The van der Waals surface area contributed by atoms with Gasteiger partial charge in [-0.25, -0.2) is 14.2 Å². The van der Waals surface area contributed by atoms with Crippen molar-refractivity contribution in [3.63, 3.8) is 0 Å². The number of H-pyrrole nitrogens is 1. The van der Waals surface area contributed by atoms with E-state index in [1.165, 1.54) is 12.1 Å². The average molecular weight is 218 g/mol. The predicted octanol–water partition coefficient (Wildman–Crippen LogP) is 1.02. The van der Waals surface area contributed by atoms with Crippen LogP contribution in [0.2, 0.25) is 0 Å². The van der Waals surface area contributed by atoms with Crippen LogP contribution in [-0.4, -0.2) is 19.6 Å². The van der Waals surface area contributed by atoms with Gasteiger partial charge in [0.25, 0.3) is 0 Å². The van der Waals surface area contributed by atoms with Crippen LogP contribution in [0.25, 0.3) is 16.6 Å². The first-order chi connectivity index (χ1) is 7.66. The topological polar surface area (TPSA) is 63.0 Å². The molecule has 5 nitrogen and oxygen atoms in total. The predicted molar refractivity (Wildman–Crippen MR) is 55.8 cm³/mol. The summed E-state index contributed by atoms with van der Waals surface area (Å²) in [7, 11) is 0. The molecule has 0 fully saturated rings. The van der Waals surface area contributed by atoms with Crippen molar-refractivity contribution in [1.82, 2.24) is 19.6 Å². The van der Waals surface area contributed by atoms with Crippen LogP contribution >= 0.6 is 0 Å². The number of nitrogens with one attached hydrogen (secondary N) is 1. The number of hydrogen-bond donors (Lipinski definition) is 1. The van der Waals surface area contributed by atoms with Crippen LogP contribution in [0.3, 0.4) is 0 Å². The number of nitrogens with zero attached hydrogens (tertiary/aromatic N) is 3. The van der Waals surface area contributed by atoms with Crippen LogP contribution in [0.5, 0.6) is 0 Å². The lowest BCUT2D eigenvalue weighted by Crippen LogP contribution is -2.17. The molecular weight excluding hydrogens is 211 g/mol. The third kappa shape index (κ3) is 1.06. The standard InChI is InChI=1S/C10H7FN4O/c1-5-12-9-8-6(11)3-2-4-7(8)13-10(16)15(9)14-5/h2-4H,1H3,(H,13,16). The van der Waals surface area contributed by atoms with Gasteiger partial charge in [-0.05, 0) is 19.1 Å². The fourth-order valence-electron chi connectivity index (χ4n) is 1.74. The molecule has 2 aromatic heterocycles. The highest BCUT2D eigenvalue weighted by atomic mass is 19.1. The SMILES string of the molecule is Cc1nc2c3c(F)cccc3[nH]c(=O)n2n1. The van der Waals surface area contributed by atoms with E-state index < -0.39 is 11.5 Å². The van der Waals surface area contributed by atoms with E-state index in [0.717, 1.165) is 4.52 Å². The van der Waals surface area contributed by atoms with Crippen LogP contribution in [-0.2, 0) is 0 Å². The largest absolute Gasteiger partial charge is 0.348 e. The lowest BCUT2D eigenvalue weighted by molar-refractivity contribution is 0.639. The van der Waals surface area contributed by atoms with Crippen LogP contribution in [0.15, 0.2) is 23.0 Å². The Kier molecular flexibility index (Phi) is 1.62. The second-order valence-corrected chi connectivity index (χ2v) is 3.49. The molecule has 0 aliphatic carbocycles. The molecule has 6 heteroatoms. The Hall–Kier alpha value is -2.24. The molecule has 0 saturated heterocycles. The third-order valence-electron chi connectivity index (χ3n) is 2.38. The second-order valence-electron chi connectivity index (χ2n) is 3.49. The molecule has 3 aromatic rings. The van der Waals surface area contributed by atoms with Gasteiger partial charge in [-0.15, -0.1) is 5.10 Å². The summed E-state index contributed by atoms with van der Waals surface area (Å²) >= 11 is 0. The first kappa shape index (κ1) is 9.02. The van der Waals surface area contributed by atoms with Gasteiger partial charge in [0, 0.05) is 0 Å². The Morgan fingerprint density at radius 2 is 2.25 bits per heavy atom. The highest BCUT2D eigenvalue weighted by molar-refractivity contribution is 5.91. The van der Waals surface area contributed by atoms with Gasteiger partial charge in [-0.3, -0.25) is 0 Å². The van der Waals surface area contributed by atoms with Crippen LogP contribution < -0.4 is 5.69 Å². The molecular formula is C10H7FN4O. The van der Waals surface area contributed by atoms with Crippen molar-refractivity contribution >= 4 is 16.6 Å². The molecule has 0 aliphatic heterocycles. The van der Waals surface area contributed by atoms with Gasteiger partial charge in [-0.2, -0.15) is 4.52 Å². The molecule has 16 heavy (non-hydrogen) atoms. The van der Waals surface area contributed by atoms with Gasteiger partial charge in [0.2, 0.25) is 0 Å². The molecule has 0 amide bonds. The average Bonchev–Trinajstić information content (AvgIpc) is 2.60. The number of aromatic nitrogens is 4. The number of rotatable bonds is 0. The van der Waals surface area contributed by atoms with Gasteiger partial charge in [-0.1, -0.05) is 6.07 Å². The molecule has 0 unspecified atom stereocenters. The molecule has 80 valence electrons. The molecule has 0 saturated carbocycles. The summed E-state index contributed by atoms with van der Waals surface area (Å²) in [5.74, 6) is 0.00685. The number of aryl methyl sites for hydroxylation is 1. The third-order valence-corrected chi connectivity index (χ3v) is 2.38. The maximum Gasteiger partial charge on any atom is 0.348 e. The number of fused-ring (bicyclic) bond motifs is 3. The van der Waals surface area contributed by atoms with Gasteiger partial charge < -0.3 is 4.98 Å². The van der Waals surface area contributed by atoms with E-state index in [9.17, 15) is 9.18 Å². The van der Waals surface area contributed by atoms with E-state index in [-0.39, 0.29) is 11.0 Å². The second kappa shape index (κ2) is 2.88. The smallest absolute Gasteiger partial charge is 0.305 e. The van der Waals surface area contributed by atoms with Crippen molar-refractivity contribution in [2.75, 3.05) is 0 Å². The number of benzene rings is 1. The van der Waals surface area contributed by atoms with Crippen molar-refractivity contribution in [3.05, 3.63) is 40.3 Å². The zero-order chi connectivity index (χ0) is 11.3. The zero-order valence-electron chi connectivity index (χ0n) is 8.36. The van der Waals surface area contributed by atoms with Crippen molar-refractivity contribution in [3.8, 4) is 0 Å². The van der Waals surface area contributed by atoms with Crippen LogP contribution in [0, 0.1) is 12.7 Å². The first-order valence-corrected chi connectivity index (χ1v) is 4.71. The summed E-state index contributed by atoms with van der Waals surface area (Å²) in [5, 5.41) is 4.18. The Morgan fingerprint density at radius 3 is 3.06 bits per heavy atom. The Balaban J connectivity index is 2.71. The number of halogens is 1. The lowest BCUT2D eigenvalue weighted by atomic mass is 10.2. The van der Waals surface area contributed by atoms with Gasteiger partial charge in [0.05, 0.1) is 10.9 Å². The number of hydrogen-bond acceptors (Lipinski definition) is 3. The monoisotopic (exact) mass is 218 g/mol. The summed E-state index contributed by atoms with van der Waals surface area (Å²) in [4.78, 5) is 18.2. The van der Waals surface area contributed by atoms with Gasteiger partial charge in [0.15, 0.2) is 5.65 Å². The Morgan fingerprint density at radius 1 is 1.44 bits per heavy atom. The molecule has 1 N–H and O–H groups in total. The fraction of sp³-hybridized carbons (Fsp3) is 0.100. The molecule has 0 spiro atoms.